The van der Waals surface area contributed by atoms with Gasteiger partial charge in [-0.15, -0.1) is 0 Å². The second-order valence-electron chi connectivity index (χ2n) is 6.66. The number of rotatable bonds is 3. The van der Waals surface area contributed by atoms with Crippen LogP contribution < -0.4 is 10.5 Å². The first-order valence-electron chi connectivity index (χ1n) is 8.21. The van der Waals surface area contributed by atoms with Crippen molar-refractivity contribution in [1.82, 2.24) is 4.90 Å². The van der Waals surface area contributed by atoms with E-state index in [1.54, 1.807) is 14.2 Å². The van der Waals surface area contributed by atoms with Crippen LogP contribution in [0.5, 0.6) is 5.75 Å². The number of aliphatic imine (C=N–C) groups is 1. The largest absolute Gasteiger partial charge is 0.496 e. The number of hydrogen-bond acceptors (Lipinski definition) is 4. The van der Waals surface area contributed by atoms with Crippen LogP contribution in [0.4, 0.5) is 0 Å². The normalized spacial score (nSPS) is 20.4. The van der Waals surface area contributed by atoms with Crippen molar-refractivity contribution in [2.45, 2.75) is 25.8 Å². The maximum Gasteiger partial charge on any atom is 0.231 e. The van der Waals surface area contributed by atoms with Gasteiger partial charge >= 0.3 is 0 Å². The van der Waals surface area contributed by atoms with Gasteiger partial charge < -0.3 is 10.5 Å². The van der Waals surface area contributed by atoms with Crippen LogP contribution in [0.25, 0.3) is 11.1 Å². The Kier molecular flexibility index (Phi) is 4.25. The molecule has 0 bridgehead atoms. The Morgan fingerprint density at radius 1 is 1.24 bits per heavy atom. The number of nitrogens with zero attached hydrogens (tertiary/aromatic N) is 2. The highest BCUT2D eigenvalue weighted by atomic mass is 16.5. The van der Waals surface area contributed by atoms with E-state index in [0.29, 0.717) is 6.42 Å². The molecule has 0 aromatic heterocycles. The summed E-state index contributed by atoms with van der Waals surface area (Å²) in [5, 5.41) is 0. The molecule has 1 aliphatic heterocycles. The van der Waals surface area contributed by atoms with Crippen molar-refractivity contribution < 1.29 is 9.53 Å². The van der Waals surface area contributed by atoms with Crippen molar-refractivity contribution in [3.63, 3.8) is 0 Å². The summed E-state index contributed by atoms with van der Waals surface area (Å²) in [5.41, 5.74) is 9.42. The molecule has 1 heterocycles. The van der Waals surface area contributed by atoms with Gasteiger partial charge in [0.2, 0.25) is 5.91 Å². The minimum absolute atomic E-state index is 0.0338. The maximum absolute atomic E-state index is 12.2. The molecule has 3 rings (SSSR count). The van der Waals surface area contributed by atoms with Gasteiger partial charge in [0.25, 0.3) is 0 Å². The first-order chi connectivity index (χ1) is 11.8. The fourth-order valence-electron chi connectivity index (χ4n) is 3.14. The van der Waals surface area contributed by atoms with Gasteiger partial charge in [-0.05, 0) is 43.2 Å². The molecule has 1 aliphatic rings. The zero-order valence-electron chi connectivity index (χ0n) is 15.0. The summed E-state index contributed by atoms with van der Waals surface area (Å²) < 4.78 is 5.51. The molecule has 1 amide bonds. The molecule has 130 valence electrons. The number of ether oxygens (including phenoxy) is 1. The molecule has 2 aromatic rings. The average molecular weight is 337 g/mol. The van der Waals surface area contributed by atoms with Crippen LogP contribution in [-0.2, 0) is 10.3 Å². The van der Waals surface area contributed by atoms with E-state index in [9.17, 15) is 4.79 Å². The van der Waals surface area contributed by atoms with Crippen LogP contribution in [0.1, 0.15) is 24.5 Å². The summed E-state index contributed by atoms with van der Waals surface area (Å²) in [4.78, 5) is 18.2. The average Bonchev–Trinajstić information content (AvgIpc) is 2.59. The van der Waals surface area contributed by atoms with Gasteiger partial charge in [-0.2, -0.15) is 0 Å². The number of nitrogens with two attached hydrogens (primary N) is 1. The maximum atomic E-state index is 12.2. The molecule has 0 saturated heterocycles. The smallest absolute Gasteiger partial charge is 0.231 e. The van der Waals surface area contributed by atoms with Crippen LogP contribution in [0.3, 0.4) is 0 Å². The van der Waals surface area contributed by atoms with Gasteiger partial charge in [0.15, 0.2) is 5.96 Å². The van der Waals surface area contributed by atoms with E-state index in [0.717, 1.165) is 28.0 Å². The van der Waals surface area contributed by atoms with Crippen molar-refractivity contribution in [3.8, 4) is 16.9 Å². The van der Waals surface area contributed by atoms with E-state index in [4.69, 9.17) is 10.5 Å². The van der Waals surface area contributed by atoms with Crippen molar-refractivity contribution in [1.29, 1.82) is 0 Å². The number of carbonyl (C=O) groups excluding carboxylic acids is 1. The van der Waals surface area contributed by atoms with E-state index in [1.807, 2.05) is 37.3 Å². The van der Waals surface area contributed by atoms with Crippen LogP contribution in [0.2, 0.25) is 0 Å². The molecule has 0 aliphatic carbocycles. The molecule has 0 fully saturated rings. The zero-order chi connectivity index (χ0) is 18.2. The molecule has 1 unspecified atom stereocenters. The Hall–Kier alpha value is -2.82. The van der Waals surface area contributed by atoms with Gasteiger partial charge in [-0.1, -0.05) is 29.8 Å². The number of carbonyl (C=O) groups is 1. The predicted molar refractivity (Wildman–Crippen MR) is 99.5 cm³/mol. The lowest BCUT2D eigenvalue weighted by Gasteiger charge is -2.33. The van der Waals surface area contributed by atoms with E-state index in [1.165, 1.54) is 4.90 Å². The van der Waals surface area contributed by atoms with Gasteiger partial charge in [0.1, 0.15) is 5.75 Å². The van der Waals surface area contributed by atoms with Gasteiger partial charge in [-0.25, -0.2) is 4.99 Å². The molecule has 25 heavy (non-hydrogen) atoms. The number of guanidine groups is 1. The van der Waals surface area contributed by atoms with Gasteiger partial charge in [0.05, 0.1) is 19.1 Å². The first-order valence-corrected chi connectivity index (χ1v) is 8.21. The molecule has 0 spiro atoms. The lowest BCUT2D eigenvalue weighted by atomic mass is 9.86. The molecule has 0 radical (unpaired) electrons. The quantitative estimate of drug-likeness (QED) is 0.936. The van der Waals surface area contributed by atoms with Crippen molar-refractivity contribution in [2.75, 3.05) is 14.2 Å². The Morgan fingerprint density at radius 2 is 2.00 bits per heavy atom. The topological polar surface area (TPSA) is 67.9 Å². The number of hydrogen-bond donors (Lipinski definition) is 1. The van der Waals surface area contributed by atoms with Crippen LogP contribution in [0, 0.1) is 6.92 Å². The van der Waals surface area contributed by atoms with Gasteiger partial charge in [0, 0.05) is 12.6 Å². The number of aryl methyl sites for hydroxylation is 1. The summed E-state index contributed by atoms with van der Waals surface area (Å²) >= 11 is 0. The van der Waals surface area contributed by atoms with E-state index < -0.39 is 5.54 Å². The third-order valence-electron chi connectivity index (χ3n) is 4.72. The SMILES string of the molecule is COc1ccc(C)cc1-c1cccc(C2(C)CC(=O)N(C)C(N)=N2)c1. The van der Waals surface area contributed by atoms with E-state index in [2.05, 4.69) is 24.0 Å². The first kappa shape index (κ1) is 17.0. The lowest BCUT2D eigenvalue weighted by molar-refractivity contribution is -0.128. The Morgan fingerprint density at radius 3 is 2.68 bits per heavy atom. The number of benzene rings is 2. The summed E-state index contributed by atoms with van der Waals surface area (Å²) in [6.07, 6.45) is 0.290. The van der Waals surface area contributed by atoms with Crippen molar-refractivity contribution >= 4 is 11.9 Å². The summed E-state index contributed by atoms with van der Waals surface area (Å²) in [6, 6.07) is 14.1. The van der Waals surface area contributed by atoms with Gasteiger partial charge in [-0.3, -0.25) is 9.69 Å². The standard InChI is InChI=1S/C20H23N3O2/c1-13-8-9-17(25-4)16(10-13)14-6-5-7-15(11-14)20(2)12-18(24)23(3)19(21)22-20/h5-11H,12H2,1-4H3,(H2,21,22). The molecular formula is C20H23N3O2. The summed E-state index contributed by atoms with van der Waals surface area (Å²) in [6.45, 7) is 3.99. The number of amides is 1. The fraction of sp³-hybridized carbons (Fsp3) is 0.300. The van der Waals surface area contributed by atoms with Crippen LogP contribution in [-0.4, -0.2) is 30.9 Å². The van der Waals surface area contributed by atoms with Crippen LogP contribution >= 0.6 is 0 Å². The lowest BCUT2D eigenvalue weighted by Crippen LogP contribution is -2.47. The highest BCUT2D eigenvalue weighted by molar-refractivity contribution is 5.98. The molecule has 1 atom stereocenters. The molecule has 2 N–H and O–H groups in total. The second kappa shape index (κ2) is 6.24. The van der Waals surface area contributed by atoms with Crippen molar-refractivity contribution in [2.24, 2.45) is 10.7 Å². The van der Waals surface area contributed by atoms with E-state index in [-0.39, 0.29) is 11.9 Å². The van der Waals surface area contributed by atoms with Crippen molar-refractivity contribution in [3.05, 3.63) is 53.6 Å². The summed E-state index contributed by atoms with van der Waals surface area (Å²) in [7, 11) is 3.31. The molecular weight excluding hydrogens is 314 g/mol. The Labute approximate surface area is 148 Å². The minimum Gasteiger partial charge on any atom is -0.496 e. The van der Waals surface area contributed by atoms with E-state index >= 15 is 0 Å². The zero-order valence-corrected chi connectivity index (χ0v) is 15.0. The molecule has 2 aromatic carbocycles. The predicted octanol–water partition coefficient (Wildman–Crippen LogP) is 3.06. The molecule has 5 heteroatoms. The minimum atomic E-state index is -0.666. The fourth-order valence-corrected chi connectivity index (χ4v) is 3.14. The monoisotopic (exact) mass is 337 g/mol. The highest BCUT2D eigenvalue weighted by Gasteiger charge is 2.36. The number of methoxy groups -OCH3 is 1. The van der Waals surface area contributed by atoms with Crippen LogP contribution in [0.15, 0.2) is 47.5 Å². The molecule has 0 saturated carbocycles. The summed E-state index contributed by atoms with van der Waals surface area (Å²) in [5.74, 6) is 1.03. The third-order valence-corrected chi connectivity index (χ3v) is 4.72. The highest BCUT2D eigenvalue weighted by Crippen LogP contribution is 2.37. The Bertz CT molecular complexity index is 860. The molecule has 5 nitrogen and oxygen atoms in total. The second-order valence-corrected chi connectivity index (χ2v) is 6.66. The third kappa shape index (κ3) is 3.09. The Balaban J connectivity index is 2.09.